The minimum absolute atomic E-state index is 0.405. The molecule has 1 heterocycles. The minimum atomic E-state index is -0.834. The first-order valence-corrected chi connectivity index (χ1v) is 4.82. The Balaban J connectivity index is 2.05. The van der Waals surface area contributed by atoms with E-state index in [2.05, 4.69) is 10.3 Å². The number of nitrogens with zero attached hydrogens (tertiary/aromatic N) is 2. The van der Waals surface area contributed by atoms with Crippen LogP contribution in [0.4, 0.5) is 14.7 Å². The lowest BCUT2D eigenvalue weighted by Crippen LogP contribution is -2.05. The Hall–Kier alpha value is -1.91. The van der Waals surface area contributed by atoms with Gasteiger partial charge in [-0.1, -0.05) is 6.07 Å². The Morgan fingerprint density at radius 2 is 2.12 bits per heavy atom. The van der Waals surface area contributed by atoms with Gasteiger partial charge in [-0.05, 0) is 17.7 Å². The van der Waals surface area contributed by atoms with Gasteiger partial charge in [0, 0.05) is 26.0 Å². The highest BCUT2D eigenvalue weighted by Crippen LogP contribution is 2.10. The molecule has 0 fully saturated rings. The highest BCUT2D eigenvalue weighted by atomic mass is 19.2. The summed E-state index contributed by atoms with van der Waals surface area (Å²) in [5.74, 6) is -0.982. The van der Waals surface area contributed by atoms with Gasteiger partial charge in [0.15, 0.2) is 11.6 Å². The maximum atomic E-state index is 12.9. The standard InChI is InChI=1S/C11H11F2N3/c1-16-5-4-14-11(16)15-7-8-2-3-9(12)10(13)6-8/h2-6H,7H2,1H3,(H,14,15). The predicted octanol–water partition coefficient (Wildman–Crippen LogP) is 2.31. The number of aromatic nitrogens is 2. The predicted molar refractivity (Wildman–Crippen MR) is 56.9 cm³/mol. The van der Waals surface area contributed by atoms with Gasteiger partial charge in [-0.3, -0.25) is 0 Å². The fraction of sp³-hybridized carbons (Fsp3) is 0.182. The van der Waals surface area contributed by atoms with E-state index in [1.807, 2.05) is 7.05 Å². The number of aryl methyl sites for hydroxylation is 1. The molecule has 0 atom stereocenters. The van der Waals surface area contributed by atoms with E-state index in [1.165, 1.54) is 12.1 Å². The second-order valence-electron chi connectivity index (χ2n) is 3.46. The Bertz CT molecular complexity index is 494. The summed E-state index contributed by atoms with van der Waals surface area (Å²) in [7, 11) is 1.85. The lowest BCUT2D eigenvalue weighted by molar-refractivity contribution is 0.507. The molecule has 0 spiro atoms. The number of hydrogen-bond acceptors (Lipinski definition) is 2. The van der Waals surface area contributed by atoms with Crippen molar-refractivity contribution in [3.63, 3.8) is 0 Å². The van der Waals surface area contributed by atoms with Crippen molar-refractivity contribution < 1.29 is 8.78 Å². The molecule has 0 unspecified atom stereocenters. The zero-order valence-corrected chi connectivity index (χ0v) is 8.74. The van der Waals surface area contributed by atoms with Crippen molar-refractivity contribution >= 4 is 5.95 Å². The monoisotopic (exact) mass is 223 g/mol. The third kappa shape index (κ3) is 2.18. The van der Waals surface area contributed by atoms with Crippen LogP contribution in [-0.4, -0.2) is 9.55 Å². The summed E-state index contributed by atoms with van der Waals surface area (Å²) in [5.41, 5.74) is 0.668. The molecular formula is C11H11F2N3. The van der Waals surface area contributed by atoms with Crippen LogP contribution >= 0.6 is 0 Å². The molecule has 1 N–H and O–H groups in total. The van der Waals surface area contributed by atoms with E-state index in [0.29, 0.717) is 18.1 Å². The largest absolute Gasteiger partial charge is 0.352 e. The van der Waals surface area contributed by atoms with Gasteiger partial charge in [0.25, 0.3) is 0 Å². The van der Waals surface area contributed by atoms with Crippen LogP contribution in [0.2, 0.25) is 0 Å². The van der Waals surface area contributed by atoms with Crippen molar-refractivity contribution in [3.8, 4) is 0 Å². The van der Waals surface area contributed by atoms with E-state index in [9.17, 15) is 8.78 Å². The Morgan fingerprint density at radius 1 is 1.31 bits per heavy atom. The Labute approximate surface area is 91.7 Å². The second-order valence-corrected chi connectivity index (χ2v) is 3.46. The van der Waals surface area contributed by atoms with Crippen molar-refractivity contribution in [2.75, 3.05) is 5.32 Å². The maximum absolute atomic E-state index is 12.9. The van der Waals surface area contributed by atoms with Gasteiger partial charge >= 0.3 is 0 Å². The molecule has 0 saturated heterocycles. The molecule has 0 aliphatic carbocycles. The molecule has 0 aliphatic heterocycles. The number of benzene rings is 1. The molecule has 0 bridgehead atoms. The third-order valence-corrected chi connectivity index (χ3v) is 2.26. The average Bonchev–Trinajstić information content (AvgIpc) is 2.66. The molecule has 16 heavy (non-hydrogen) atoms. The highest BCUT2D eigenvalue weighted by molar-refractivity contribution is 5.28. The number of hydrogen-bond donors (Lipinski definition) is 1. The van der Waals surface area contributed by atoms with Crippen LogP contribution in [0, 0.1) is 11.6 Å². The van der Waals surface area contributed by atoms with Gasteiger partial charge in [0.05, 0.1) is 0 Å². The van der Waals surface area contributed by atoms with Gasteiger partial charge in [-0.25, -0.2) is 13.8 Å². The molecule has 2 aromatic rings. The van der Waals surface area contributed by atoms with E-state index >= 15 is 0 Å². The molecule has 1 aromatic heterocycles. The van der Waals surface area contributed by atoms with Gasteiger partial charge in [0.2, 0.25) is 5.95 Å². The molecule has 2 rings (SSSR count). The van der Waals surface area contributed by atoms with Gasteiger partial charge in [-0.15, -0.1) is 0 Å². The van der Waals surface area contributed by atoms with Crippen LogP contribution in [0.25, 0.3) is 0 Å². The maximum Gasteiger partial charge on any atom is 0.202 e. The number of rotatable bonds is 3. The highest BCUT2D eigenvalue weighted by Gasteiger charge is 2.03. The first-order valence-electron chi connectivity index (χ1n) is 4.82. The fourth-order valence-corrected chi connectivity index (χ4v) is 1.37. The van der Waals surface area contributed by atoms with E-state index in [4.69, 9.17) is 0 Å². The lowest BCUT2D eigenvalue weighted by Gasteiger charge is -2.06. The van der Waals surface area contributed by atoms with Crippen molar-refractivity contribution in [3.05, 3.63) is 47.8 Å². The van der Waals surface area contributed by atoms with Gasteiger partial charge < -0.3 is 9.88 Å². The Morgan fingerprint density at radius 3 is 2.75 bits per heavy atom. The summed E-state index contributed by atoms with van der Waals surface area (Å²) in [6.45, 7) is 0.405. The van der Waals surface area contributed by atoms with Crippen LogP contribution in [0.5, 0.6) is 0 Å². The van der Waals surface area contributed by atoms with Crippen LogP contribution < -0.4 is 5.32 Å². The fourth-order valence-electron chi connectivity index (χ4n) is 1.37. The number of halogens is 2. The van der Waals surface area contributed by atoms with Crippen molar-refractivity contribution in [2.24, 2.45) is 7.05 Å². The van der Waals surface area contributed by atoms with Gasteiger partial charge in [-0.2, -0.15) is 0 Å². The van der Waals surface area contributed by atoms with Crippen LogP contribution in [0.1, 0.15) is 5.56 Å². The zero-order chi connectivity index (χ0) is 11.5. The summed E-state index contributed by atoms with van der Waals surface area (Å²) in [6, 6.07) is 3.82. The summed E-state index contributed by atoms with van der Waals surface area (Å²) in [4.78, 5) is 4.05. The van der Waals surface area contributed by atoms with Crippen LogP contribution in [0.3, 0.4) is 0 Å². The lowest BCUT2D eigenvalue weighted by atomic mass is 10.2. The first-order chi connectivity index (χ1) is 7.66. The molecule has 5 heteroatoms. The smallest absolute Gasteiger partial charge is 0.202 e. The average molecular weight is 223 g/mol. The molecule has 0 aliphatic rings. The molecule has 0 radical (unpaired) electrons. The van der Waals surface area contributed by atoms with E-state index in [-0.39, 0.29) is 0 Å². The molecule has 0 amide bonds. The van der Waals surface area contributed by atoms with E-state index in [0.717, 1.165) is 6.07 Å². The quantitative estimate of drug-likeness (QED) is 0.865. The first kappa shape index (κ1) is 10.6. The summed E-state index contributed by atoms with van der Waals surface area (Å²) >= 11 is 0. The number of imidazole rings is 1. The van der Waals surface area contributed by atoms with E-state index in [1.54, 1.807) is 17.0 Å². The summed E-state index contributed by atoms with van der Waals surface area (Å²) < 4.78 is 27.4. The number of nitrogens with one attached hydrogen (secondary N) is 1. The van der Waals surface area contributed by atoms with Crippen molar-refractivity contribution in [1.82, 2.24) is 9.55 Å². The summed E-state index contributed by atoms with van der Waals surface area (Å²) in [6.07, 6.45) is 3.46. The molecule has 84 valence electrons. The molecular weight excluding hydrogens is 212 g/mol. The third-order valence-electron chi connectivity index (χ3n) is 2.26. The SMILES string of the molecule is Cn1ccnc1NCc1ccc(F)c(F)c1. The van der Waals surface area contributed by atoms with E-state index < -0.39 is 11.6 Å². The zero-order valence-electron chi connectivity index (χ0n) is 8.74. The minimum Gasteiger partial charge on any atom is -0.352 e. The van der Waals surface area contributed by atoms with Crippen molar-refractivity contribution in [1.29, 1.82) is 0 Å². The van der Waals surface area contributed by atoms with Crippen molar-refractivity contribution in [2.45, 2.75) is 6.54 Å². The Kier molecular flexibility index (Phi) is 2.85. The molecule has 1 aromatic carbocycles. The van der Waals surface area contributed by atoms with Crippen LogP contribution in [0.15, 0.2) is 30.6 Å². The molecule has 0 saturated carbocycles. The van der Waals surface area contributed by atoms with Crippen LogP contribution in [-0.2, 0) is 13.6 Å². The molecule has 3 nitrogen and oxygen atoms in total. The topological polar surface area (TPSA) is 29.9 Å². The van der Waals surface area contributed by atoms with Gasteiger partial charge in [0.1, 0.15) is 0 Å². The second kappa shape index (κ2) is 4.30. The summed E-state index contributed by atoms with van der Waals surface area (Å²) in [5, 5.41) is 3.02. The number of anilines is 1. The normalized spacial score (nSPS) is 10.4.